The molecule has 102 valence electrons. The highest BCUT2D eigenvalue weighted by Gasteiger charge is 2.49. The summed E-state index contributed by atoms with van der Waals surface area (Å²) in [6.07, 6.45) is -3.58. The van der Waals surface area contributed by atoms with Crippen molar-refractivity contribution in [3.63, 3.8) is 0 Å². The van der Waals surface area contributed by atoms with E-state index in [0.29, 0.717) is 18.5 Å². The monoisotopic (exact) mass is 275 g/mol. The second-order valence-electron chi connectivity index (χ2n) is 4.13. The van der Waals surface area contributed by atoms with Gasteiger partial charge in [0.15, 0.2) is 0 Å². The molecule has 0 aliphatic carbocycles. The van der Waals surface area contributed by atoms with Crippen molar-refractivity contribution in [3.05, 3.63) is 34.9 Å². The fourth-order valence-corrected chi connectivity index (χ4v) is 1.84. The topological polar surface area (TPSA) is 46.2 Å². The van der Waals surface area contributed by atoms with E-state index in [1.165, 1.54) is 6.07 Å². The standard InChI is InChI=1S/C12H9F4NO2/c13-11(14)12(15,16)9(18)7-2-1-6-3-4-17-10(19)8(6)5-7/h1-2,5,11H,3-4H2,(H,17,19). The number of halogens is 4. The predicted octanol–water partition coefficient (Wildman–Crippen LogP) is 2.06. The summed E-state index contributed by atoms with van der Waals surface area (Å²) in [7, 11) is 0. The number of carbonyl (C=O) groups is 2. The SMILES string of the molecule is O=C1NCCc2ccc(C(=O)C(F)(F)C(F)F)cc21. The Hall–Kier alpha value is -1.92. The van der Waals surface area contributed by atoms with Crippen LogP contribution in [0.1, 0.15) is 26.3 Å². The van der Waals surface area contributed by atoms with Crippen LogP contribution in [-0.4, -0.2) is 30.6 Å². The van der Waals surface area contributed by atoms with Crippen molar-refractivity contribution >= 4 is 11.7 Å². The van der Waals surface area contributed by atoms with Crippen molar-refractivity contribution in [3.8, 4) is 0 Å². The first-order valence-electron chi connectivity index (χ1n) is 5.46. The van der Waals surface area contributed by atoms with E-state index >= 15 is 0 Å². The fourth-order valence-electron chi connectivity index (χ4n) is 1.84. The molecule has 1 amide bonds. The Morgan fingerprint density at radius 3 is 2.63 bits per heavy atom. The van der Waals surface area contributed by atoms with Crippen molar-refractivity contribution in [2.24, 2.45) is 0 Å². The van der Waals surface area contributed by atoms with E-state index in [-0.39, 0.29) is 5.56 Å². The summed E-state index contributed by atoms with van der Waals surface area (Å²) in [5, 5.41) is 2.48. The lowest BCUT2D eigenvalue weighted by Gasteiger charge is -2.18. The maximum absolute atomic E-state index is 13.0. The minimum Gasteiger partial charge on any atom is -0.352 e. The van der Waals surface area contributed by atoms with Crippen LogP contribution in [0.25, 0.3) is 0 Å². The zero-order valence-corrected chi connectivity index (χ0v) is 9.55. The van der Waals surface area contributed by atoms with E-state index in [2.05, 4.69) is 5.32 Å². The summed E-state index contributed by atoms with van der Waals surface area (Å²) in [5.74, 6) is -7.24. The first kappa shape index (κ1) is 13.5. The second-order valence-corrected chi connectivity index (χ2v) is 4.13. The Morgan fingerprint density at radius 1 is 1.32 bits per heavy atom. The molecule has 19 heavy (non-hydrogen) atoms. The number of carbonyl (C=O) groups excluding carboxylic acids is 2. The lowest BCUT2D eigenvalue weighted by atomic mass is 9.95. The summed E-state index contributed by atoms with van der Waals surface area (Å²) in [6, 6.07) is 3.31. The highest BCUT2D eigenvalue weighted by molar-refractivity contribution is 6.05. The first-order valence-corrected chi connectivity index (χ1v) is 5.46. The van der Waals surface area contributed by atoms with Gasteiger partial charge < -0.3 is 5.32 Å². The molecule has 1 heterocycles. The average molecular weight is 275 g/mol. The molecule has 3 nitrogen and oxygen atoms in total. The first-order chi connectivity index (χ1) is 8.84. The van der Waals surface area contributed by atoms with Gasteiger partial charge in [-0.15, -0.1) is 0 Å². The van der Waals surface area contributed by atoms with E-state index in [0.717, 1.165) is 12.1 Å². The third-order valence-corrected chi connectivity index (χ3v) is 2.87. The number of amides is 1. The normalized spacial score (nSPS) is 15.1. The Bertz CT molecular complexity index is 543. The fraction of sp³-hybridized carbons (Fsp3) is 0.333. The molecule has 0 spiro atoms. The number of benzene rings is 1. The molecule has 0 fully saturated rings. The van der Waals surface area contributed by atoms with Gasteiger partial charge in [0.2, 0.25) is 5.78 Å². The van der Waals surface area contributed by atoms with Crippen molar-refractivity contribution in [2.75, 3.05) is 6.54 Å². The van der Waals surface area contributed by atoms with E-state index in [4.69, 9.17) is 0 Å². The van der Waals surface area contributed by atoms with Crippen LogP contribution in [0.15, 0.2) is 18.2 Å². The maximum Gasteiger partial charge on any atom is 0.368 e. The van der Waals surface area contributed by atoms with Crippen LogP contribution in [0.3, 0.4) is 0 Å². The lowest BCUT2D eigenvalue weighted by molar-refractivity contribution is -0.0958. The van der Waals surface area contributed by atoms with Crippen LogP contribution in [0.5, 0.6) is 0 Å². The Labute approximate surface area is 105 Å². The zero-order valence-electron chi connectivity index (χ0n) is 9.55. The molecule has 2 rings (SSSR count). The quantitative estimate of drug-likeness (QED) is 0.678. The van der Waals surface area contributed by atoms with Gasteiger partial charge in [-0.25, -0.2) is 8.78 Å². The molecule has 1 aliphatic rings. The van der Waals surface area contributed by atoms with Crippen molar-refractivity contribution in [1.82, 2.24) is 5.32 Å². The van der Waals surface area contributed by atoms with Gasteiger partial charge in [0.05, 0.1) is 0 Å². The number of alkyl halides is 4. The van der Waals surface area contributed by atoms with Crippen LogP contribution in [-0.2, 0) is 6.42 Å². The van der Waals surface area contributed by atoms with Crippen LogP contribution in [0, 0.1) is 0 Å². The number of rotatable bonds is 3. The third kappa shape index (κ3) is 2.32. The molecule has 0 aromatic heterocycles. The average Bonchev–Trinajstić information content (AvgIpc) is 2.37. The van der Waals surface area contributed by atoms with Crippen LogP contribution in [0.4, 0.5) is 17.6 Å². The third-order valence-electron chi connectivity index (χ3n) is 2.87. The van der Waals surface area contributed by atoms with Crippen molar-refractivity contribution in [2.45, 2.75) is 18.8 Å². The van der Waals surface area contributed by atoms with Crippen LogP contribution >= 0.6 is 0 Å². The highest BCUT2D eigenvalue weighted by Crippen LogP contribution is 2.28. The van der Waals surface area contributed by atoms with Gasteiger partial charge in [-0.05, 0) is 18.1 Å². The summed E-state index contributed by atoms with van der Waals surface area (Å²) in [5.41, 5.74) is 0.0731. The summed E-state index contributed by atoms with van der Waals surface area (Å²) in [4.78, 5) is 22.8. The number of nitrogens with one attached hydrogen (secondary N) is 1. The van der Waals surface area contributed by atoms with Gasteiger partial charge in [0.25, 0.3) is 5.91 Å². The molecule has 0 saturated carbocycles. The Morgan fingerprint density at radius 2 is 2.00 bits per heavy atom. The van der Waals surface area contributed by atoms with Gasteiger partial charge in [-0.3, -0.25) is 9.59 Å². The van der Waals surface area contributed by atoms with Crippen LogP contribution < -0.4 is 5.32 Å². The Balaban J connectivity index is 2.40. The number of fused-ring (bicyclic) bond motifs is 1. The number of hydrogen-bond acceptors (Lipinski definition) is 2. The highest BCUT2D eigenvalue weighted by atomic mass is 19.3. The molecular weight excluding hydrogens is 266 g/mol. The molecule has 1 aromatic rings. The minimum absolute atomic E-state index is 0.0715. The summed E-state index contributed by atoms with van der Waals surface area (Å²) >= 11 is 0. The van der Waals surface area contributed by atoms with Crippen molar-refractivity contribution in [1.29, 1.82) is 0 Å². The number of Topliss-reactive ketones (excluding diaryl/α,β-unsaturated/α-hetero) is 1. The minimum atomic E-state index is -4.75. The number of ketones is 1. The smallest absolute Gasteiger partial charge is 0.352 e. The molecule has 0 bridgehead atoms. The molecule has 0 unspecified atom stereocenters. The van der Waals surface area contributed by atoms with Crippen LogP contribution in [0.2, 0.25) is 0 Å². The molecule has 1 aromatic carbocycles. The molecule has 7 heteroatoms. The molecule has 0 saturated heterocycles. The lowest BCUT2D eigenvalue weighted by Crippen LogP contribution is -2.37. The van der Waals surface area contributed by atoms with E-state index in [1.807, 2.05) is 0 Å². The molecule has 1 N–H and O–H groups in total. The zero-order chi connectivity index (χ0) is 14.2. The molecule has 0 radical (unpaired) electrons. The van der Waals surface area contributed by atoms with Gasteiger partial charge in [0.1, 0.15) is 0 Å². The summed E-state index contributed by atoms with van der Waals surface area (Å²) in [6.45, 7) is 0.409. The molecule has 0 atom stereocenters. The largest absolute Gasteiger partial charge is 0.368 e. The van der Waals surface area contributed by atoms with E-state index in [1.54, 1.807) is 0 Å². The Kier molecular flexibility index (Phi) is 3.30. The van der Waals surface area contributed by atoms with Gasteiger partial charge >= 0.3 is 12.3 Å². The van der Waals surface area contributed by atoms with Crippen molar-refractivity contribution < 1.29 is 27.2 Å². The molecule has 1 aliphatic heterocycles. The van der Waals surface area contributed by atoms with Gasteiger partial charge in [0, 0.05) is 17.7 Å². The second kappa shape index (κ2) is 4.64. The number of hydrogen-bond donors (Lipinski definition) is 1. The van der Waals surface area contributed by atoms with E-state index < -0.39 is 29.6 Å². The summed E-state index contributed by atoms with van der Waals surface area (Å²) < 4.78 is 50.1. The van der Waals surface area contributed by atoms with E-state index in [9.17, 15) is 27.2 Å². The predicted molar refractivity (Wildman–Crippen MR) is 57.8 cm³/mol. The van der Waals surface area contributed by atoms with Gasteiger partial charge in [-0.1, -0.05) is 12.1 Å². The molecular formula is C12H9F4NO2. The van der Waals surface area contributed by atoms with Gasteiger partial charge in [-0.2, -0.15) is 8.78 Å². The maximum atomic E-state index is 13.0.